The molecule has 0 fully saturated rings. The van der Waals surface area contributed by atoms with E-state index < -0.39 is 0 Å². The summed E-state index contributed by atoms with van der Waals surface area (Å²) in [5.74, 6) is 0. The third-order valence-electron chi connectivity index (χ3n) is 1.71. The average molecular weight is 196 g/mol. The number of thiophene rings is 1. The van der Waals surface area contributed by atoms with E-state index in [0.717, 1.165) is 25.7 Å². The van der Waals surface area contributed by atoms with Crippen LogP contribution in [-0.4, -0.2) is 0 Å². The average Bonchev–Trinajstić information content (AvgIpc) is 2.41. The number of hydrogen-bond donors (Lipinski definition) is 3. The van der Waals surface area contributed by atoms with Crippen molar-refractivity contribution in [2.24, 2.45) is 0 Å². The van der Waals surface area contributed by atoms with E-state index in [-0.39, 0.29) is 0 Å². The molecule has 0 bridgehead atoms. The highest BCUT2D eigenvalue weighted by atomic mass is 32.1. The van der Waals surface area contributed by atoms with Crippen LogP contribution in [0.3, 0.4) is 0 Å². The van der Waals surface area contributed by atoms with Crippen LogP contribution < -0.4 is 11.5 Å². The highest BCUT2D eigenvalue weighted by Crippen LogP contribution is 2.35. The summed E-state index contributed by atoms with van der Waals surface area (Å²) < 4.78 is 1.03. The van der Waals surface area contributed by atoms with Crippen LogP contribution in [0.5, 0.6) is 0 Å². The van der Waals surface area contributed by atoms with Gasteiger partial charge in [0.05, 0.1) is 9.70 Å². The molecule has 4 heteroatoms. The van der Waals surface area contributed by atoms with Gasteiger partial charge in [0.1, 0.15) is 0 Å². The molecule has 0 aliphatic carbocycles. The minimum absolute atomic E-state index is 0.768. The van der Waals surface area contributed by atoms with Crippen molar-refractivity contribution in [3.8, 4) is 0 Å². The first kappa shape index (κ1) is 7.76. The molecule has 4 N–H and O–H groups in total. The third-order valence-corrected chi connectivity index (χ3v) is 3.11. The molecule has 0 unspecified atom stereocenters. The summed E-state index contributed by atoms with van der Waals surface area (Å²) in [5, 5.41) is 1.82. The van der Waals surface area contributed by atoms with Crippen LogP contribution >= 0.6 is 24.0 Å². The van der Waals surface area contributed by atoms with Crippen molar-refractivity contribution < 1.29 is 0 Å². The first-order chi connectivity index (χ1) is 5.68. The molecule has 2 aromatic rings. The van der Waals surface area contributed by atoms with Gasteiger partial charge in [0, 0.05) is 16.0 Å². The number of benzene rings is 1. The molecule has 2 rings (SSSR count). The van der Waals surface area contributed by atoms with Crippen molar-refractivity contribution in [1.29, 1.82) is 0 Å². The van der Waals surface area contributed by atoms with Gasteiger partial charge in [-0.2, -0.15) is 0 Å². The number of rotatable bonds is 0. The minimum atomic E-state index is 0.768. The van der Waals surface area contributed by atoms with E-state index >= 15 is 0 Å². The predicted molar refractivity (Wildman–Crippen MR) is 57.9 cm³/mol. The molecule has 0 aliphatic heterocycles. The van der Waals surface area contributed by atoms with Gasteiger partial charge in [-0.1, -0.05) is 0 Å². The Kier molecular flexibility index (Phi) is 1.66. The predicted octanol–water partition coefficient (Wildman–Crippen LogP) is 2.35. The van der Waals surface area contributed by atoms with Crippen LogP contribution in [-0.2, 0) is 0 Å². The largest absolute Gasteiger partial charge is 0.398 e. The van der Waals surface area contributed by atoms with Gasteiger partial charge in [-0.05, 0) is 18.2 Å². The van der Waals surface area contributed by atoms with Crippen molar-refractivity contribution in [2.75, 3.05) is 11.5 Å². The third kappa shape index (κ3) is 1.04. The molecule has 0 amide bonds. The highest BCUT2D eigenvalue weighted by Gasteiger charge is 2.04. The lowest BCUT2D eigenvalue weighted by molar-refractivity contribution is 1.59. The first-order valence-electron chi connectivity index (χ1n) is 3.45. The summed E-state index contributed by atoms with van der Waals surface area (Å²) in [6, 6.07) is 5.63. The van der Waals surface area contributed by atoms with Crippen LogP contribution in [0.25, 0.3) is 10.1 Å². The molecule has 62 valence electrons. The molecule has 1 aromatic carbocycles. The van der Waals surface area contributed by atoms with Crippen LogP contribution in [0.1, 0.15) is 0 Å². The van der Waals surface area contributed by atoms with Gasteiger partial charge in [-0.15, -0.1) is 24.0 Å². The van der Waals surface area contributed by atoms with Crippen LogP contribution in [0.4, 0.5) is 10.7 Å². The monoisotopic (exact) mass is 196 g/mol. The lowest BCUT2D eigenvalue weighted by Gasteiger charge is -1.96. The fourth-order valence-corrected chi connectivity index (χ4v) is 2.35. The zero-order valence-electron chi connectivity index (χ0n) is 6.24. The Morgan fingerprint density at radius 3 is 2.67 bits per heavy atom. The molecular weight excluding hydrogens is 188 g/mol. The molecule has 0 saturated carbocycles. The van der Waals surface area contributed by atoms with E-state index in [1.54, 1.807) is 0 Å². The Balaban J connectivity index is 2.93. The number of thiol groups is 1. The molecular formula is C8H8N2S2. The van der Waals surface area contributed by atoms with E-state index in [1.807, 2.05) is 18.2 Å². The van der Waals surface area contributed by atoms with Crippen molar-refractivity contribution in [2.45, 2.75) is 4.90 Å². The zero-order valence-corrected chi connectivity index (χ0v) is 7.95. The number of nitrogens with two attached hydrogens (primary N) is 2. The Bertz CT molecular complexity index is 395. The van der Waals surface area contributed by atoms with Crippen molar-refractivity contribution in [3.05, 3.63) is 18.2 Å². The summed E-state index contributed by atoms with van der Waals surface area (Å²) in [7, 11) is 0. The summed E-state index contributed by atoms with van der Waals surface area (Å²) >= 11 is 5.80. The maximum Gasteiger partial charge on any atom is 0.0870 e. The molecule has 2 nitrogen and oxygen atoms in total. The van der Waals surface area contributed by atoms with Gasteiger partial charge in [0.2, 0.25) is 0 Å². The van der Waals surface area contributed by atoms with E-state index in [1.165, 1.54) is 11.3 Å². The second-order valence-electron chi connectivity index (χ2n) is 2.57. The van der Waals surface area contributed by atoms with Gasteiger partial charge < -0.3 is 11.5 Å². The van der Waals surface area contributed by atoms with Crippen molar-refractivity contribution in [1.82, 2.24) is 0 Å². The van der Waals surface area contributed by atoms with Crippen molar-refractivity contribution >= 4 is 44.7 Å². The molecule has 0 atom stereocenters. The maximum absolute atomic E-state index is 5.76. The fraction of sp³-hybridized carbons (Fsp3) is 0. The van der Waals surface area contributed by atoms with Gasteiger partial charge in [0.15, 0.2) is 0 Å². The Morgan fingerprint density at radius 2 is 2.00 bits per heavy atom. The number of hydrogen-bond acceptors (Lipinski definition) is 4. The molecule has 1 heterocycles. The van der Waals surface area contributed by atoms with Gasteiger partial charge >= 0.3 is 0 Å². The summed E-state index contributed by atoms with van der Waals surface area (Å²) in [4.78, 5) is 0.923. The first-order valence-corrected chi connectivity index (χ1v) is 4.71. The van der Waals surface area contributed by atoms with E-state index in [9.17, 15) is 0 Å². The Labute approximate surface area is 79.6 Å². The fourth-order valence-electron chi connectivity index (χ4n) is 1.15. The molecule has 0 aliphatic rings. The standard InChI is InChI=1S/C8H8N2S2/c9-5-1-2-6(11)4-3-7(10)12-8(4)5/h1-3,11H,9-10H2. The lowest BCUT2D eigenvalue weighted by atomic mass is 10.2. The SMILES string of the molecule is Nc1cc2c(S)ccc(N)c2s1. The van der Waals surface area contributed by atoms with Crippen molar-refractivity contribution in [3.63, 3.8) is 0 Å². The second kappa shape index (κ2) is 2.57. The number of fused-ring (bicyclic) bond motifs is 1. The maximum atomic E-state index is 5.76. The summed E-state index contributed by atoms with van der Waals surface area (Å²) in [5.41, 5.74) is 12.2. The summed E-state index contributed by atoms with van der Waals surface area (Å²) in [6.45, 7) is 0. The normalized spacial score (nSPS) is 10.8. The van der Waals surface area contributed by atoms with Gasteiger partial charge in [0.25, 0.3) is 0 Å². The summed E-state index contributed by atoms with van der Waals surface area (Å²) in [6.07, 6.45) is 0. The van der Waals surface area contributed by atoms with E-state index in [4.69, 9.17) is 11.5 Å². The van der Waals surface area contributed by atoms with E-state index in [2.05, 4.69) is 12.6 Å². The van der Waals surface area contributed by atoms with E-state index in [0.29, 0.717) is 0 Å². The molecule has 1 aromatic heterocycles. The van der Waals surface area contributed by atoms with Crippen LogP contribution in [0.15, 0.2) is 23.1 Å². The lowest BCUT2D eigenvalue weighted by Crippen LogP contribution is -1.83. The smallest absolute Gasteiger partial charge is 0.0870 e. The minimum Gasteiger partial charge on any atom is -0.398 e. The number of anilines is 2. The Hall–Kier alpha value is -0.870. The van der Waals surface area contributed by atoms with Gasteiger partial charge in [-0.25, -0.2) is 0 Å². The van der Waals surface area contributed by atoms with Crippen LogP contribution in [0.2, 0.25) is 0 Å². The highest BCUT2D eigenvalue weighted by molar-refractivity contribution is 7.80. The van der Waals surface area contributed by atoms with Crippen LogP contribution in [0, 0.1) is 0 Å². The second-order valence-corrected chi connectivity index (χ2v) is 4.13. The zero-order chi connectivity index (χ0) is 8.72. The molecule has 0 saturated heterocycles. The number of nitrogen functional groups attached to an aromatic ring is 2. The molecule has 12 heavy (non-hydrogen) atoms. The molecule has 0 spiro atoms. The van der Waals surface area contributed by atoms with Gasteiger partial charge in [-0.3, -0.25) is 0 Å². The quantitative estimate of drug-likeness (QED) is 0.447. The topological polar surface area (TPSA) is 52.0 Å². The Morgan fingerprint density at radius 1 is 1.25 bits per heavy atom. The molecule has 0 radical (unpaired) electrons.